The SMILES string of the molecule is CC#N.FC(F)=CCCCCBr.FC(F)=CCCCCSc1nc2ccccc2s1.O=CO[O-].S=c1[nH]c2ccccc2s1.[H-].[K+].[K+]. The Bertz CT molecular complexity index is 1430. The van der Waals surface area contributed by atoms with Crippen molar-refractivity contribution < 1.29 is 137 Å². The minimum absolute atomic E-state index is 0. The number of fused-ring (bicyclic) bond motifs is 2. The van der Waals surface area contributed by atoms with Crippen LogP contribution in [0.1, 0.15) is 46.9 Å². The number of para-hydroxylation sites is 2. The fourth-order valence-electron chi connectivity index (χ4n) is 2.87. The number of hydrogen-bond donors (Lipinski definition) is 1. The van der Waals surface area contributed by atoms with Gasteiger partial charge in [0.25, 0.3) is 18.6 Å². The van der Waals surface area contributed by atoms with Crippen molar-refractivity contribution in [3.63, 3.8) is 0 Å². The van der Waals surface area contributed by atoms with Gasteiger partial charge in [-0.15, -0.1) is 22.7 Å². The molecule has 242 valence electrons. The minimum Gasteiger partial charge on any atom is -1.00 e. The van der Waals surface area contributed by atoms with E-state index in [1.54, 1.807) is 40.5 Å². The largest absolute Gasteiger partial charge is 1.00 e. The van der Waals surface area contributed by atoms with Crippen LogP contribution in [0, 0.1) is 15.3 Å². The van der Waals surface area contributed by atoms with Gasteiger partial charge in [-0.25, -0.2) is 4.98 Å². The number of nitriles is 1. The van der Waals surface area contributed by atoms with E-state index in [2.05, 4.69) is 42.9 Å². The van der Waals surface area contributed by atoms with Crippen LogP contribution in [0.15, 0.2) is 77.2 Å². The van der Waals surface area contributed by atoms with Crippen molar-refractivity contribution in [1.82, 2.24) is 9.97 Å². The third-order valence-corrected chi connectivity index (χ3v) is 8.69. The van der Waals surface area contributed by atoms with Crippen molar-refractivity contribution in [3.8, 4) is 6.07 Å². The molecule has 0 unspecified atom stereocenters. The van der Waals surface area contributed by atoms with Crippen LogP contribution >= 0.6 is 62.6 Å². The average molecular weight is 833 g/mol. The second-order valence-electron chi connectivity index (χ2n) is 7.89. The smallest absolute Gasteiger partial charge is 1.00 e. The molecule has 0 spiro atoms. The van der Waals surface area contributed by atoms with Crippen molar-refractivity contribution in [2.75, 3.05) is 11.1 Å². The Morgan fingerprint density at radius 1 is 1.02 bits per heavy atom. The Balaban J connectivity index is -0.000000275. The molecule has 0 aliphatic carbocycles. The summed E-state index contributed by atoms with van der Waals surface area (Å²) in [6.07, 6.45) is 3.30. The van der Waals surface area contributed by atoms with Gasteiger partial charge in [-0.2, -0.15) is 22.8 Å². The van der Waals surface area contributed by atoms with Crippen LogP contribution in [0.25, 0.3) is 20.4 Å². The predicted octanol–water partition coefficient (Wildman–Crippen LogP) is 4.72. The number of nitrogens with zero attached hydrogens (tertiary/aromatic N) is 2. The molecule has 4 aromatic rings. The van der Waals surface area contributed by atoms with Crippen LogP contribution in [0.2, 0.25) is 0 Å². The van der Waals surface area contributed by atoms with E-state index in [9.17, 15) is 17.6 Å². The number of thiazole rings is 2. The molecule has 0 radical (unpaired) electrons. The number of nitrogens with one attached hydrogen (secondary N) is 1. The van der Waals surface area contributed by atoms with Gasteiger partial charge < -0.3 is 16.6 Å². The first-order chi connectivity index (χ1) is 21.2. The maximum atomic E-state index is 11.8. The fourth-order valence-corrected chi connectivity index (χ4v) is 6.52. The number of aromatic nitrogens is 2. The number of H-pyrrole nitrogens is 1. The van der Waals surface area contributed by atoms with Crippen LogP contribution in [-0.4, -0.2) is 27.5 Å². The molecule has 0 aliphatic heterocycles. The van der Waals surface area contributed by atoms with Crippen molar-refractivity contribution in [1.29, 1.82) is 5.26 Å². The Morgan fingerprint density at radius 2 is 1.54 bits per heavy atom. The molecule has 0 saturated heterocycles. The van der Waals surface area contributed by atoms with Gasteiger partial charge >= 0.3 is 103 Å². The molecule has 2 heterocycles. The van der Waals surface area contributed by atoms with Gasteiger partial charge in [-0.3, -0.25) is 4.79 Å². The number of carbonyl (C=O) groups excluding carboxylic acids is 1. The molecule has 6 nitrogen and oxygen atoms in total. The van der Waals surface area contributed by atoms with Gasteiger partial charge in [0.1, 0.15) is 0 Å². The van der Waals surface area contributed by atoms with E-state index in [1.807, 2.05) is 36.4 Å². The molecule has 46 heavy (non-hydrogen) atoms. The van der Waals surface area contributed by atoms with Crippen LogP contribution in [0.3, 0.4) is 0 Å². The van der Waals surface area contributed by atoms with Crippen LogP contribution < -0.4 is 108 Å². The number of halogens is 5. The fraction of sp³-hybridized carbons (Fsp3) is 0.310. The number of thioether (sulfide) groups is 1. The van der Waals surface area contributed by atoms with E-state index in [0.717, 1.165) is 68.2 Å². The molecule has 17 heteroatoms. The van der Waals surface area contributed by atoms with Crippen molar-refractivity contribution in [2.24, 2.45) is 0 Å². The summed E-state index contributed by atoms with van der Waals surface area (Å²) in [5.74, 6) is 0.932. The summed E-state index contributed by atoms with van der Waals surface area (Å²) in [6.45, 7) is 1.25. The number of hydrogen-bond acceptors (Lipinski definition) is 9. The third kappa shape index (κ3) is 28.5. The molecule has 0 amide bonds. The van der Waals surface area contributed by atoms with Gasteiger partial charge in [-0.1, -0.05) is 52.0 Å². The molecule has 0 saturated carbocycles. The van der Waals surface area contributed by atoms with E-state index < -0.39 is 12.2 Å². The molecule has 4 rings (SSSR count). The molecule has 2 aromatic carbocycles. The second kappa shape index (κ2) is 35.5. The molecule has 0 fully saturated rings. The second-order valence-corrected chi connectivity index (χ2v) is 12.8. The molecule has 1 N–H and O–H groups in total. The zero-order valence-corrected chi connectivity index (χ0v) is 36.7. The molecular formula is C29H32BrF4K2N3O3S4. The maximum Gasteiger partial charge on any atom is 1.00 e. The predicted molar refractivity (Wildman–Crippen MR) is 179 cm³/mol. The first-order valence-electron chi connectivity index (χ1n) is 12.9. The normalized spacial score (nSPS) is 8.91. The Labute approximate surface area is 378 Å². The minimum atomic E-state index is -1.58. The average Bonchev–Trinajstić information content (AvgIpc) is 3.60. The number of aromatic amines is 1. The Kier molecular flexibility index (Phi) is 39.4. The molecule has 0 aliphatic rings. The summed E-state index contributed by atoms with van der Waals surface area (Å²) in [4.78, 5) is 18.9. The van der Waals surface area contributed by atoms with Gasteiger partial charge in [-0.05, 0) is 87.2 Å². The van der Waals surface area contributed by atoms with Gasteiger partial charge in [0.05, 0.1) is 26.5 Å². The van der Waals surface area contributed by atoms with Gasteiger partial charge in [0, 0.05) is 18.0 Å². The van der Waals surface area contributed by atoms with E-state index in [4.69, 9.17) is 27.5 Å². The van der Waals surface area contributed by atoms with E-state index in [0.29, 0.717) is 12.8 Å². The molecule has 0 atom stereocenters. The molecule has 0 bridgehead atoms. The summed E-state index contributed by atoms with van der Waals surface area (Å²) >= 11 is 13.2. The van der Waals surface area contributed by atoms with Gasteiger partial charge in [0.15, 0.2) is 8.29 Å². The number of allylic oxidation sites excluding steroid dienone is 2. The monoisotopic (exact) mass is 831 g/mol. The van der Waals surface area contributed by atoms with Crippen LogP contribution in [-0.2, 0) is 9.68 Å². The van der Waals surface area contributed by atoms with Crippen molar-refractivity contribution >= 4 is 89.5 Å². The Morgan fingerprint density at radius 3 is 2.04 bits per heavy atom. The summed E-state index contributed by atoms with van der Waals surface area (Å²) in [5.41, 5.74) is 2.17. The number of unbranched alkanes of at least 4 members (excludes halogenated alkanes) is 4. The Hall–Kier alpha value is 0.663. The first-order valence-corrected chi connectivity index (χ1v) is 17.0. The van der Waals surface area contributed by atoms with Crippen LogP contribution in [0.5, 0.6) is 0 Å². The summed E-state index contributed by atoms with van der Waals surface area (Å²) < 4.78 is 50.5. The number of carbonyl (C=O) groups is 1. The summed E-state index contributed by atoms with van der Waals surface area (Å²) in [6, 6.07) is 17.9. The van der Waals surface area contributed by atoms with E-state index in [-0.39, 0.29) is 111 Å². The summed E-state index contributed by atoms with van der Waals surface area (Å²) in [7, 11) is 0. The van der Waals surface area contributed by atoms with Crippen LogP contribution in [0.4, 0.5) is 17.6 Å². The zero-order valence-electron chi connectivity index (χ0n) is 26.6. The molecular weight excluding hydrogens is 801 g/mol. The zero-order chi connectivity index (χ0) is 33.0. The number of rotatable bonds is 11. The maximum absolute atomic E-state index is 11.8. The number of benzene rings is 2. The number of alkyl halides is 1. The van der Waals surface area contributed by atoms with E-state index in [1.165, 1.54) is 16.3 Å². The van der Waals surface area contributed by atoms with Crippen molar-refractivity contribution in [2.45, 2.75) is 49.8 Å². The quantitative estimate of drug-likeness (QED) is 0.0269. The third-order valence-electron chi connectivity index (χ3n) is 4.65. The van der Waals surface area contributed by atoms with E-state index >= 15 is 0 Å². The van der Waals surface area contributed by atoms with Gasteiger partial charge in [0.2, 0.25) is 0 Å². The standard InChI is InChI=1S/C13H13F2NS2.C7H5NS2.C6H9BrF2.C2H3N.CH2O3.2K.H/c14-12(15)8-2-1-5-9-17-13-16-10-6-3-4-7-11(10)18-13;9-7-8-5-3-1-2-4-6(5)10-7;7-5-3-1-2-4-6(8)9;1-2-3;2-1-4-3;;;/h3-4,6-8H,1-2,5,9H2;1-4H,(H,8,9);4H,1-3,5H2;1H3;1,3H;;;/q;;;;;2*+1;-1/p-1. The topological polar surface area (TPSA) is 102 Å². The molecule has 2 aromatic heterocycles. The summed E-state index contributed by atoms with van der Waals surface area (Å²) in [5, 5.41) is 16.6. The first kappa shape index (κ1) is 51.0. The van der Waals surface area contributed by atoms with Crippen molar-refractivity contribution in [3.05, 3.63) is 76.8 Å².